The quantitative estimate of drug-likeness (QED) is 0.730. The highest BCUT2D eigenvalue weighted by Gasteiger charge is 2.11. The van der Waals surface area contributed by atoms with Crippen molar-refractivity contribution < 1.29 is 9.53 Å². The lowest BCUT2D eigenvalue weighted by molar-refractivity contribution is 0.102. The number of amides is 1. The van der Waals surface area contributed by atoms with Crippen LogP contribution in [-0.4, -0.2) is 20.0 Å². The van der Waals surface area contributed by atoms with Crippen LogP contribution in [0, 0.1) is 0 Å². The molecule has 126 valence electrons. The van der Waals surface area contributed by atoms with Gasteiger partial charge in [0, 0.05) is 25.3 Å². The summed E-state index contributed by atoms with van der Waals surface area (Å²) in [6.45, 7) is 0. The minimum Gasteiger partial charge on any atom is -0.455 e. The highest BCUT2D eigenvalue weighted by molar-refractivity contribution is 6.05. The zero-order valence-corrected chi connectivity index (χ0v) is 14.3. The molecule has 3 aromatic carbocycles. The number of hydrogen-bond donors (Lipinski definition) is 1. The summed E-state index contributed by atoms with van der Waals surface area (Å²) >= 11 is 0. The minimum atomic E-state index is -0.173. The molecule has 0 unspecified atom stereocenters. The van der Waals surface area contributed by atoms with Crippen LogP contribution in [0.3, 0.4) is 0 Å². The van der Waals surface area contributed by atoms with E-state index in [0.717, 1.165) is 11.4 Å². The van der Waals surface area contributed by atoms with Crippen LogP contribution in [0.4, 0.5) is 11.4 Å². The minimum absolute atomic E-state index is 0.173. The van der Waals surface area contributed by atoms with Crippen LogP contribution >= 0.6 is 0 Å². The Morgan fingerprint density at radius 2 is 1.60 bits per heavy atom. The molecule has 4 nitrogen and oxygen atoms in total. The second kappa shape index (κ2) is 7.53. The largest absolute Gasteiger partial charge is 0.455 e. The smallest absolute Gasteiger partial charge is 0.255 e. The lowest BCUT2D eigenvalue weighted by Gasteiger charge is -2.15. The Morgan fingerprint density at radius 3 is 2.36 bits per heavy atom. The molecule has 0 radical (unpaired) electrons. The van der Waals surface area contributed by atoms with E-state index in [1.54, 1.807) is 6.07 Å². The summed E-state index contributed by atoms with van der Waals surface area (Å²) in [5, 5.41) is 2.93. The van der Waals surface area contributed by atoms with Gasteiger partial charge < -0.3 is 15.0 Å². The van der Waals surface area contributed by atoms with E-state index in [4.69, 9.17) is 4.74 Å². The predicted octanol–water partition coefficient (Wildman–Crippen LogP) is 4.80. The zero-order valence-electron chi connectivity index (χ0n) is 14.3. The second-order valence-corrected chi connectivity index (χ2v) is 5.81. The molecular weight excluding hydrogens is 312 g/mol. The van der Waals surface area contributed by atoms with Crippen molar-refractivity contribution in [1.82, 2.24) is 0 Å². The number of carbonyl (C=O) groups excluding carboxylic acids is 1. The van der Waals surface area contributed by atoms with Crippen molar-refractivity contribution in [2.45, 2.75) is 0 Å². The van der Waals surface area contributed by atoms with Crippen LogP contribution < -0.4 is 15.0 Å². The summed E-state index contributed by atoms with van der Waals surface area (Å²) in [7, 11) is 3.89. The Hall–Kier alpha value is -3.27. The van der Waals surface area contributed by atoms with E-state index in [1.165, 1.54) is 0 Å². The Bertz CT molecular complexity index is 861. The maximum Gasteiger partial charge on any atom is 0.255 e. The fourth-order valence-corrected chi connectivity index (χ4v) is 2.39. The normalized spacial score (nSPS) is 10.2. The molecule has 0 fully saturated rings. The summed E-state index contributed by atoms with van der Waals surface area (Å²) in [5.74, 6) is 1.15. The molecule has 3 rings (SSSR count). The SMILES string of the molecule is CN(C)c1cccc(C(=O)Nc2ccccc2Oc2ccccc2)c1. The molecule has 0 aliphatic heterocycles. The van der Waals surface area contributed by atoms with Crippen molar-refractivity contribution in [3.8, 4) is 11.5 Å². The highest BCUT2D eigenvalue weighted by atomic mass is 16.5. The topological polar surface area (TPSA) is 41.6 Å². The number of anilines is 2. The fourth-order valence-electron chi connectivity index (χ4n) is 2.39. The van der Waals surface area contributed by atoms with E-state index < -0.39 is 0 Å². The van der Waals surface area contributed by atoms with Crippen molar-refractivity contribution in [3.63, 3.8) is 0 Å². The highest BCUT2D eigenvalue weighted by Crippen LogP contribution is 2.29. The molecule has 0 heterocycles. The molecule has 4 heteroatoms. The monoisotopic (exact) mass is 332 g/mol. The molecule has 0 spiro atoms. The third-order valence-corrected chi connectivity index (χ3v) is 3.73. The number of para-hydroxylation sites is 3. The van der Waals surface area contributed by atoms with Crippen LogP contribution in [0.5, 0.6) is 11.5 Å². The van der Waals surface area contributed by atoms with E-state index >= 15 is 0 Å². The van der Waals surface area contributed by atoms with Crippen molar-refractivity contribution >= 4 is 17.3 Å². The average molecular weight is 332 g/mol. The summed E-state index contributed by atoms with van der Waals surface area (Å²) in [6.07, 6.45) is 0. The Labute approximate surface area is 147 Å². The molecular formula is C21H20N2O2. The van der Waals surface area contributed by atoms with Gasteiger partial charge in [0.2, 0.25) is 0 Å². The van der Waals surface area contributed by atoms with Gasteiger partial charge in [-0.1, -0.05) is 36.4 Å². The zero-order chi connectivity index (χ0) is 17.6. The third kappa shape index (κ3) is 4.18. The molecule has 0 aliphatic carbocycles. The first-order valence-corrected chi connectivity index (χ1v) is 8.04. The van der Waals surface area contributed by atoms with E-state index in [1.807, 2.05) is 91.8 Å². The molecule has 3 aromatic rings. The van der Waals surface area contributed by atoms with Gasteiger partial charge in [-0.25, -0.2) is 0 Å². The average Bonchev–Trinajstić information content (AvgIpc) is 2.64. The van der Waals surface area contributed by atoms with Gasteiger partial charge in [-0.2, -0.15) is 0 Å². The van der Waals surface area contributed by atoms with Gasteiger partial charge in [0.25, 0.3) is 5.91 Å². The van der Waals surface area contributed by atoms with Gasteiger partial charge >= 0.3 is 0 Å². The lowest BCUT2D eigenvalue weighted by atomic mass is 10.1. The fraction of sp³-hybridized carbons (Fsp3) is 0.0952. The standard InChI is InChI=1S/C21H20N2O2/c1-23(2)17-10-8-9-16(15-17)21(24)22-19-13-6-7-14-20(19)25-18-11-4-3-5-12-18/h3-15H,1-2H3,(H,22,24). The number of ether oxygens (including phenoxy) is 1. The van der Waals surface area contributed by atoms with Gasteiger partial charge in [-0.15, -0.1) is 0 Å². The summed E-state index contributed by atoms with van der Waals surface area (Å²) in [5.41, 5.74) is 2.20. The molecule has 0 bridgehead atoms. The van der Waals surface area contributed by atoms with Crippen molar-refractivity contribution in [3.05, 3.63) is 84.4 Å². The van der Waals surface area contributed by atoms with E-state index in [0.29, 0.717) is 17.0 Å². The summed E-state index contributed by atoms with van der Waals surface area (Å²) in [6, 6.07) is 24.4. The number of benzene rings is 3. The number of carbonyl (C=O) groups is 1. The molecule has 25 heavy (non-hydrogen) atoms. The van der Waals surface area contributed by atoms with E-state index in [9.17, 15) is 4.79 Å². The van der Waals surface area contributed by atoms with Gasteiger partial charge in [-0.05, 0) is 42.5 Å². The van der Waals surface area contributed by atoms with Crippen LogP contribution in [-0.2, 0) is 0 Å². The van der Waals surface area contributed by atoms with Gasteiger partial charge in [0.1, 0.15) is 5.75 Å². The van der Waals surface area contributed by atoms with Crippen molar-refractivity contribution in [1.29, 1.82) is 0 Å². The van der Waals surface area contributed by atoms with Crippen LogP contribution in [0.2, 0.25) is 0 Å². The molecule has 0 atom stereocenters. The predicted molar refractivity (Wildman–Crippen MR) is 102 cm³/mol. The molecule has 0 aromatic heterocycles. The first-order chi connectivity index (χ1) is 12.1. The lowest BCUT2D eigenvalue weighted by Crippen LogP contribution is -2.14. The van der Waals surface area contributed by atoms with E-state index in [-0.39, 0.29) is 5.91 Å². The van der Waals surface area contributed by atoms with E-state index in [2.05, 4.69) is 5.32 Å². The first-order valence-electron chi connectivity index (χ1n) is 8.04. The number of nitrogens with one attached hydrogen (secondary N) is 1. The van der Waals surface area contributed by atoms with Gasteiger partial charge in [0.15, 0.2) is 5.75 Å². The first kappa shape index (κ1) is 16.6. The summed E-state index contributed by atoms with van der Waals surface area (Å²) < 4.78 is 5.89. The summed E-state index contributed by atoms with van der Waals surface area (Å²) in [4.78, 5) is 14.6. The van der Waals surface area contributed by atoms with Crippen LogP contribution in [0.15, 0.2) is 78.9 Å². The molecule has 1 N–H and O–H groups in total. The number of hydrogen-bond acceptors (Lipinski definition) is 3. The van der Waals surface area contributed by atoms with Gasteiger partial charge in [-0.3, -0.25) is 4.79 Å². The number of rotatable bonds is 5. The third-order valence-electron chi connectivity index (χ3n) is 3.73. The van der Waals surface area contributed by atoms with Gasteiger partial charge in [0.05, 0.1) is 5.69 Å². The van der Waals surface area contributed by atoms with Crippen molar-refractivity contribution in [2.75, 3.05) is 24.3 Å². The van der Waals surface area contributed by atoms with Crippen LogP contribution in [0.1, 0.15) is 10.4 Å². The molecule has 0 saturated carbocycles. The molecule has 0 saturated heterocycles. The van der Waals surface area contributed by atoms with Crippen molar-refractivity contribution in [2.24, 2.45) is 0 Å². The molecule has 0 aliphatic rings. The number of nitrogens with zero attached hydrogens (tertiary/aromatic N) is 1. The Balaban J connectivity index is 1.81. The molecule has 1 amide bonds. The Kier molecular flexibility index (Phi) is 5.00. The van der Waals surface area contributed by atoms with Crippen LogP contribution in [0.25, 0.3) is 0 Å². The maximum atomic E-state index is 12.6. The Morgan fingerprint density at radius 1 is 0.880 bits per heavy atom. The second-order valence-electron chi connectivity index (χ2n) is 5.81. The maximum absolute atomic E-state index is 12.6.